The van der Waals surface area contributed by atoms with E-state index in [0.29, 0.717) is 40.1 Å². The largest absolute Gasteiger partial charge is 0.505 e. The van der Waals surface area contributed by atoms with Gasteiger partial charge in [0.15, 0.2) is 0 Å². The minimum absolute atomic E-state index is 0.00109. The molecule has 3 aromatic rings. The molecule has 1 N–H and O–H groups in total. The molecule has 0 bridgehead atoms. The summed E-state index contributed by atoms with van der Waals surface area (Å²) in [5.74, 6) is -0.00109. The van der Waals surface area contributed by atoms with Gasteiger partial charge in [-0.05, 0) is 42.9 Å². The molecule has 1 atom stereocenters. The Morgan fingerprint density at radius 2 is 1.73 bits per heavy atom. The molecule has 30 heavy (non-hydrogen) atoms. The number of phenols is 1. The van der Waals surface area contributed by atoms with Crippen LogP contribution in [-0.2, 0) is 6.18 Å². The predicted octanol–water partition coefficient (Wildman–Crippen LogP) is 4.95. The van der Waals surface area contributed by atoms with Crippen molar-refractivity contribution in [3.63, 3.8) is 0 Å². The number of likely N-dealkylation sites (N-methyl/N-ethyl adjacent to an activating group) is 1. The van der Waals surface area contributed by atoms with Crippen LogP contribution in [0.4, 0.5) is 13.2 Å². The zero-order valence-corrected chi connectivity index (χ0v) is 17.1. The van der Waals surface area contributed by atoms with E-state index in [-0.39, 0.29) is 5.75 Å². The maximum Gasteiger partial charge on any atom is 0.416 e. The Morgan fingerprint density at radius 3 is 2.37 bits per heavy atom. The number of rotatable bonds is 3. The lowest BCUT2D eigenvalue weighted by Gasteiger charge is -2.38. The molecule has 1 aliphatic heterocycles. The molecular formula is C22H21ClF3N3O. The number of piperazine rings is 1. The van der Waals surface area contributed by atoms with E-state index in [1.165, 1.54) is 12.1 Å². The fourth-order valence-corrected chi connectivity index (χ4v) is 4.21. The lowest BCUT2D eigenvalue weighted by Crippen LogP contribution is -2.46. The molecule has 1 aliphatic rings. The molecule has 0 spiro atoms. The number of halogens is 4. The third-order valence-electron chi connectivity index (χ3n) is 5.60. The maximum atomic E-state index is 13.1. The highest BCUT2D eigenvalue weighted by Crippen LogP contribution is 2.41. The minimum Gasteiger partial charge on any atom is -0.505 e. The smallest absolute Gasteiger partial charge is 0.416 e. The van der Waals surface area contributed by atoms with Crippen LogP contribution < -0.4 is 0 Å². The normalized spacial score (nSPS) is 17.4. The van der Waals surface area contributed by atoms with Crippen molar-refractivity contribution in [2.45, 2.75) is 12.2 Å². The van der Waals surface area contributed by atoms with Gasteiger partial charge in [0.2, 0.25) is 0 Å². The summed E-state index contributed by atoms with van der Waals surface area (Å²) in [6.07, 6.45) is -2.83. The number of aromatic nitrogens is 1. The number of pyridine rings is 1. The monoisotopic (exact) mass is 435 g/mol. The van der Waals surface area contributed by atoms with Crippen LogP contribution in [-0.4, -0.2) is 53.1 Å². The van der Waals surface area contributed by atoms with Gasteiger partial charge in [0.25, 0.3) is 0 Å². The number of alkyl halides is 3. The van der Waals surface area contributed by atoms with E-state index in [4.69, 9.17) is 11.6 Å². The Bertz CT molecular complexity index is 1050. The molecule has 4 nitrogen and oxygen atoms in total. The van der Waals surface area contributed by atoms with Crippen molar-refractivity contribution in [1.29, 1.82) is 0 Å². The standard InChI is InChI=1S/C22H21ClF3N3O/c1-28-9-11-29(12-10-28)20(14-4-6-15(7-5-14)22(24,25)26)17-13-18(23)16-3-2-8-27-19(16)21(17)30/h2-8,13,20,30H,9-12H2,1H3/t20-/m1/s1. The van der Waals surface area contributed by atoms with Crippen LogP contribution in [0.3, 0.4) is 0 Å². The first-order chi connectivity index (χ1) is 14.3. The summed E-state index contributed by atoms with van der Waals surface area (Å²) in [6, 6.07) is 9.88. The molecule has 8 heteroatoms. The molecule has 1 fully saturated rings. The Balaban J connectivity index is 1.84. The minimum atomic E-state index is -4.40. The number of benzene rings is 2. The van der Waals surface area contributed by atoms with Crippen molar-refractivity contribution >= 4 is 22.5 Å². The highest BCUT2D eigenvalue weighted by Gasteiger charge is 2.32. The second-order valence-corrected chi connectivity index (χ2v) is 7.96. The van der Waals surface area contributed by atoms with Crippen LogP contribution in [0.5, 0.6) is 5.75 Å². The number of aromatic hydroxyl groups is 1. The van der Waals surface area contributed by atoms with Gasteiger partial charge in [-0.1, -0.05) is 23.7 Å². The number of phenolic OH excluding ortho intramolecular Hbond substituents is 1. The van der Waals surface area contributed by atoms with E-state index in [9.17, 15) is 18.3 Å². The quantitative estimate of drug-likeness (QED) is 0.632. The van der Waals surface area contributed by atoms with Gasteiger partial charge in [0.05, 0.1) is 16.6 Å². The van der Waals surface area contributed by atoms with Gasteiger partial charge in [-0.15, -0.1) is 0 Å². The van der Waals surface area contributed by atoms with Gasteiger partial charge in [-0.25, -0.2) is 0 Å². The first-order valence-corrected chi connectivity index (χ1v) is 9.99. The zero-order chi connectivity index (χ0) is 21.5. The van der Waals surface area contributed by atoms with Gasteiger partial charge in [-0.2, -0.15) is 13.2 Å². The second kappa shape index (κ2) is 8.06. The third-order valence-corrected chi connectivity index (χ3v) is 5.91. The fourth-order valence-electron chi connectivity index (χ4n) is 3.94. The van der Waals surface area contributed by atoms with Crippen LogP contribution in [0.15, 0.2) is 48.7 Å². The number of hydrogen-bond donors (Lipinski definition) is 1. The van der Waals surface area contributed by atoms with Gasteiger partial charge >= 0.3 is 6.18 Å². The molecular weight excluding hydrogens is 415 g/mol. The molecule has 158 valence electrons. The third kappa shape index (κ3) is 3.97. The lowest BCUT2D eigenvalue weighted by atomic mass is 9.93. The number of fused-ring (bicyclic) bond motifs is 1. The molecule has 0 saturated carbocycles. The van der Waals surface area contributed by atoms with Crippen LogP contribution >= 0.6 is 11.6 Å². The van der Waals surface area contributed by atoms with Gasteiger partial charge in [0, 0.05) is 43.3 Å². The molecule has 4 rings (SSSR count). The van der Waals surface area contributed by atoms with E-state index in [0.717, 1.165) is 25.2 Å². The van der Waals surface area contributed by atoms with E-state index < -0.39 is 17.8 Å². The van der Waals surface area contributed by atoms with Crippen molar-refractivity contribution in [1.82, 2.24) is 14.8 Å². The Labute approximate surface area is 177 Å². The molecule has 2 heterocycles. The van der Waals surface area contributed by atoms with Crippen molar-refractivity contribution in [2.75, 3.05) is 33.2 Å². The van der Waals surface area contributed by atoms with Gasteiger partial charge < -0.3 is 10.0 Å². The van der Waals surface area contributed by atoms with Gasteiger partial charge in [-0.3, -0.25) is 9.88 Å². The van der Waals surface area contributed by atoms with Crippen LogP contribution in [0.2, 0.25) is 5.02 Å². The zero-order valence-electron chi connectivity index (χ0n) is 16.3. The maximum absolute atomic E-state index is 13.1. The Morgan fingerprint density at radius 1 is 1.07 bits per heavy atom. The van der Waals surface area contributed by atoms with Crippen molar-refractivity contribution in [2.24, 2.45) is 0 Å². The van der Waals surface area contributed by atoms with Crippen LogP contribution in [0.25, 0.3) is 10.9 Å². The van der Waals surface area contributed by atoms with E-state index in [1.807, 2.05) is 7.05 Å². The second-order valence-electron chi connectivity index (χ2n) is 7.56. The van der Waals surface area contributed by atoms with Crippen molar-refractivity contribution < 1.29 is 18.3 Å². The van der Waals surface area contributed by atoms with E-state index in [1.54, 1.807) is 24.4 Å². The average molecular weight is 436 g/mol. The number of hydrogen-bond acceptors (Lipinski definition) is 4. The summed E-state index contributed by atoms with van der Waals surface area (Å²) in [5, 5.41) is 12.1. The predicted molar refractivity (Wildman–Crippen MR) is 111 cm³/mol. The summed E-state index contributed by atoms with van der Waals surface area (Å²) in [7, 11) is 2.03. The van der Waals surface area contributed by atoms with Crippen LogP contribution in [0.1, 0.15) is 22.7 Å². The lowest BCUT2D eigenvalue weighted by molar-refractivity contribution is -0.137. The summed E-state index contributed by atoms with van der Waals surface area (Å²) >= 11 is 6.49. The highest BCUT2D eigenvalue weighted by molar-refractivity contribution is 6.35. The molecule has 0 radical (unpaired) electrons. The summed E-state index contributed by atoms with van der Waals surface area (Å²) < 4.78 is 39.2. The highest BCUT2D eigenvalue weighted by atomic mass is 35.5. The van der Waals surface area contributed by atoms with Gasteiger partial charge in [0.1, 0.15) is 11.3 Å². The molecule has 0 aliphatic carbocycles. The Kier molecular flexibility index (Phi) is 5.61. The van der Waals surface area contributed by atoms with E-state index >= 15 is 0 Å². The first-order valence-electron chi connectivity index (χ1n) is 9.61. The van der Waals surface area contributed by atoms with Crippen LogP contribution in [0, 0.1) is 0 Å². The average Bonchev–Trinajstić information content (AvgIpc) is 2.73. The summed E-state index contributed by atoms with van der Waals surface area (Å²) in [5.41, 5.74) is 0.876. The first kappa shape index (κ1) is 20.9. The molecule has 0 amide bonds. The molecule has 0 unspecified atom stereocenters. The summed E-state index contributed by atoms with van der Waals surface area (Å²) in [6.45, 7) is 3.05. The summed E-state index contributed by atoms with van der Waals surface area (Å²) in [4.78, 5) is 8.62. The molecule has 1 aromatic heterocycles. The fraction of sp³-hybridized carbons (Fsp3) is 0.318. The molecule has 2 aromatic carbocycles. The molecule has 1 saturated heterocycles. The van der Waals surface area contributed by atoms with Crippen molar-refractivity contribution in [3.05, 3.63) is 70.4 Å². The van der Waals surface area contributed by atoms with E-state index in [2.05, 4.69) is 14.8 Å². The number of nitrogens with zero attached hydrogens (tertiary/aromatic N) is 3. The Hall–Kier alpha value is -2.35. The topological polar surface area (TPSA) is 39.6 Å². The SMILES string of the molecule is CN1CCN([C@H](c2ccc(C(F)(F)F)cc2)c2cc(Cl)c3cccnc3c2O)CC1. The van der Waals surface area contributed by atoms with Crippen molar-refractivity contribution in [3.8, 4) is 5.75 Å².